The van der Waals surface area contributed by atoms with Crippen LogP contribution in [0.3, 0.4) is 0 Å². The number of carbonyl (C=O) groups excluding carboxylic acids is 1. The van der Waals surface area contributed by atoms with Gasteiger partial charge in [-0.2, -0.15) is 4.31 Å². The number of carboxylic acid groups (broad SMARTS) is 1. The molecule has 1 heterocycles. The molecular weight excluding hydrogens is 348 g/mol. The largest absolute Gasteiger partial charge is 0.481 e. The van der Waals surface area contributed by atoms with E-state index in [0.29, 0.717) is 13.2 Å². The van der Waals surface area contributed by atoms with E-state index in [2.05, 4.69) is 5.32 Å². The Kier molecular flexibility index (Phi) is 6.51. The summed E-state index contributed by atoms with van der Waals surface area (Å²) in [6.07, 6.45) is 0.567. The minimum atomic E-state index is -3.76. The topological polar surface area (TPSA) is 113 Å². The monoisotopic (exact) mass is 370 g/mol. The lowest BCUT2D eigenvalue weighted by molar-refractivity contribution is -0.142. The Morgan fingerprint density at radius 1 is 1.32 bits per heavy atom. The maximum Gasteiger partial charge on any atom is 0.306 e. The molecular formula is C16H22N2O6S. The maximum atomic E-state index is 12.7. The number of ether oxygens (including phenoxy) is 1. The predicted molar refractivity (Wildman–Crippen MR) is 89.8 cm³/mol. The summed E-state index contributed by atoms with van der Waals surface area (Å²) in [5.41, 5.74) is 0.248. The second-order valence-corrected chi connectivity index (χ2v) is 7.73. The predicted octanol–water partition coefficient (Wildman–Crippen LogP) is 0.548. The van der Waals surface area contributed by atoms with Gasteiger partial charge in [0.1, 0.15) is 0 Å². The SMILES string of the molecule is COCCNC(=O)c1cccc(S(=O)(=O)N2CCC(C(=O)O)CC2)c1. The molecule has 1 fully saturated rings. The molecule has 8 nitrogen and oxygen atoms in total. The molecule has 2 rings (SSSR count). The van der Waals surface area contributed by atoms with Crippen LogP contribution in [0, 0.1) is 5.92 Å². The number of hydrogen-bond acceptors (Lipinski definition) is 5. The highest BCUT2D eigenvalue weighted by molar-refractivity contribution is 7.89. The molecule has 0 radical (unpaired) electrons. The van der Waals surface area contributed by atoms with Gasteiger partial charge in [-0.05, 0) is 31.0 Å². The van der Waals surface area contributed by atoms with Crippen LogP contribution < -0.4 is 5.32 Å². The summed E-state index contributed by atoms with van der Waals surface area (Å²) in [6.45, 7) is 1.00. The molecule has 1 aromatic carbocycles. The number of nitrogens with zero attached hydrogens (tertiary/aromatic N) is 1. The number of carboxylic acids is 1. The normalized spacial score (nSPS) is 16.5. The van der Waals surface area contributed by atoms with Crippen molar-refractivity contribution in [2.24, 2.45) is 5.92 Å². The molecule has 1 saturated heterocycles. The van der Waals surface area contributed by atoms with Crippen LogP contribution in [0.4, 0.5) is 0 Å². The summed E-state index contributed by atoms with van der Waals surface area (Å²) in [7, 11) is -2.24. The van der Waals surface area contributed by atoms with Crippen LogP contribution in [0.25, 0.3) is 0 Å². The number of carbonyl (C=O) groups is 2. The van der Waals surface area contributed by atoms with Gasteiger partial charge in [-0.1, -0.05) is 6.07 Å². The van der Waals surface area contributed by atoms with Crippen LogP contribution in [0.2, 0.25) is 0 Å². The van der Waals surface area contributed by atoms with Crippen molar-refractivity contribution in [3.63, 3.8) is 0 Å². The number of hydrogen-bond donors (Lipinski definition) is 2. The smallest absolute Gasteiger partial charge is 0.306 e. The number of aliphatic carboxylic acids is 1. The lowest BCUT2D eigenvalue weighted by Crippen LogP contribution is -2.40. The first-order valence-electron chi connectivity index (χ1n) is 7.96. The van der Waals surface area contributed by atoms with E-state index in [1.165, 1.54) is 35.7 Å². The van der Waals surface area contributed by atoms with E-state index in [1.807, 2.05) is 0 Å². The van der Waals surface area contributed by atoms with Gasteiger partial charge in [-0.25, -0.2) is 8.42 Å². The van der Waals surface area contributed by atoms with E-state index >= 15 is 0 Å². The van der Waals surface area contributed by atoms with E-state index in [9.17, 15) is 18.0 Å². The van der Waals surface area contributed by atoms with Crippen molar-refractivity contribution in [2.45, 2.75) is 17.7 Å². The van der Waals surface area contributed by atoms with Crippen molar-refractivity contribution in [2.75, 3.05) is 33.4 Å². The number of rotatable bonds is 7. The Hall–Kier alpha value is -1.97. The molecule has 2 N–H and O–H groups in total. The lowest BCUT2D eigenvalue weighted by atomic mass is 9.99. The number of sulfonamides is 1. The van der Waals surface area contributed by atoms with Gasteiger partial charge in [-0.3, -0.25) is 9.59 Å². The minimum absolute atomic E-state index is 0.0284. The zero-order valence-electron chi connectivity index (χ0n) is 14.0. The third-order valence-electron chi connectivity index (χ3n) is 4.13. The number of amides is 1. The number of benzene rings is 1. The van der Waals surface area contributed by atoms with Gasteiger partial charge in [0, 0.05) is 32.3 Å². The van der Waals surface area contributed by atoms with Crippen LogP contribution in [-0.2, 0) is 19.6 Å². The van der Waals surface area contributed by atoms with Crippen molar-refractivity contribution < 1.29 is 27.9 Å². The maximum absolute atomic E-state index is 12.7. The van der Waals surface area contributed by atoms with E-state index in [-0.39, 0.29) is 42.3 Å². The summed E-state index contributed by atoms with van der Waals surface area (Å²) < 4.78 is 31.6. The highest BCUT2D eigenvalue weighted by Gasteiger charge is 2.32. The van der Waals surface area contributed by atoms with Crippen molar-refractivity contribution in [1.29, 1.82) is 0 Å². The van der Waals surface area contributed by atoms with Gasteiger partial charge in [0.2, 0.25) is 10.0 Å². The van der Waals surface area contributed by atoms with E-state index in [1.54, 1.807) is 0 Å². The second-order valence-electron chi connectivity index (χ2n) is 5.79. The lowest BCUT2D eigenvalue weighted by Gasteiger charge is -2.29. The van der Waals surface area contributed by atoms with Gasteiger partial charge in [0.15, 0.2) is 0 Å². The summed E-state index contributed by atoms with van der Waals surface area (Å²) in [6, 6.07) is 5.82. The first kappa shape index (κ1) is 19.4. The standard InChI is InChI=1S/C16H22N2O6S/c1-24-10-7-17-15(19)13-3-2-4-14(11-13)25(22,23)18-8-5-12(6-9-18)16(20)21/h2-4,11-12H,5-10H2,1H3,(H,17,19)(H,20,21). The molecule has 9 heteroatoms. The molecule has 25 heavy (non-hydrogen) atoms. The first-order chi connectivity index (χ1) is 11.9. The molecule has 138 valence electrons. The van der Waals surface area contributed by atoms with Crippen LogP contribution in [0.1, 0.15) is 23.2 Å². The Morgan fingerprint density at radius 2 is 2.00 bits per heavy atom. The van der Waals surface area contributed by atoms with Crippen molar-refractivity contribution >= 4 is 21.9 Å². The van der Waals surface area contributed by atoms with Gasteiger partial charge in [0.05, 0.1) is 17.4 Å². The fourth-order valence-corrected chi connectivity index (χ4v) is 4.17. The van der Waals surface area contributed by atoms with Gasteiger partial charge >= 0.3 is 5.97 Å². The Labute approximate surface area is 146 Å². The third-order valence-corrected chi connectivity index (χ3v) is 6.02. The fourth-order valence-electron chi connectivity index (χ4n) is 2.66. The highest BCUT2D eigenvalue weighted by atomic mass is 32.2. The molecule has 1 aromatic rings. The summed E-state index contributed by atoms with van der Waals surface area (Å²) >= 11 is 0. The minimum Gasteiger partial charge on any atom is -0.481 e. The third kappa shape index (κ3) is 4.77. The molecule has 1 amide bonds. The van der Waals surface area contributed by atoms with Crippen molar-refractivity contribution in [3.05, 3.63) is 29.8 Å². The van der Waals surface area contributed by atoms with E-state index in [4.69, 9.17) is 9.84 Å². The molecule has 0 spiro atoms. The molecule has 0 atom stereocenters. The van der Waals surface area contributed by atoms with Crippen LogP contribution in [0.15, 0.2) is 29.2 Å². The Balaban J connectivity index is 2.11. The fraction of sp³-hybridized carbons (Fsp3) is 0.500. The van der Waals surface area contributed by atoms with Crippen LogP contribution in [-0.4, -0.2) is 63.1 Å². The van der Waals surface area contributed by atoms with Gasteiger partial charge in [0.25, 0.3) is 5.91 Å². The molecule has 0 aliphatic carbocycles. The van der Waals surface area contributed by atoms with Gasteiger partial charge in [-0.15, -0.1) is 0 Å². The number of piperidine rings is 1. The number of nitrogens with one attached hydrogen (secondary N) is 1. The first-order valence-corrected chi connectivity index (χ1v) is 9.40. The van der Waals surface area contributed by atoms with E-state index in [0.717, 1.165) is 0 Å². The second kappa shape index (κ2) is 8.41. The molecule has 0 bridgehead atoms. The Morgan fingerprint density at radius 3 is 2.60 bits per heavy atom. The van der Waals surface area contributed by atoms with Gasteiger partial charge < -0.3 is 15.2 Å². The molecule has 1 aliphatic heterocycles. The van der Waals surface area contributed by atoms with Crippen molar-refractivity contribution in [3.8, 4) is 0 Å². The van der Waals surface area contributed by atoms with Crippen LogP contribution in [0.5, 0.6) is 0 Å². The van der Waals surface area contributed by atoms with Crippen LogP contribution >= 0.6 is 0 Å². The summed E-state index contributed by atoms with van der Waals surface area (Å²) in [4.78, 5) is 23.1. The Bertz CT molecular complexity index is 726. The average Bonchev–Trinajstić information content (AvgIpc) is 2.62. The molecule has 0 unspecified atom stereocenters. The van der Waals surface area contributed by atoms with E-state index < -0.39 is 21.9 Å². The highest BCUT2D eigenvalue weighted by Crippen LogP contribution is 2.24. The zero-order valence-corrected chi connectivity index (χ0v) is 14.8. The molecule has 0 saturated carbocycles. The molecule has 0 aromatic heterocycles. The summed E-state index contributed by atoms with van der Waals surface area (Å²) in [5, 5.41) is 11.6. The summed E-state index contributed by atoms with van der Waals surface area (Å²) in [5.74, 6) is -1.78. The number of methoxy groups -OCH3 is 1. The zero-order chi connectivity index (χ0) is 18.4. The quantitative estimate of drug-likeness (QED) is 0.678. The average molecular weight is 370 g/mol. The molecule has 1 aliphatic rings. The van der Waals surface area contributed by atoms with Crippen molar-refractivity contribution in [1.82, 2.24) is 9.62 Å².